The van der Waals surface area contributed by atoms with E-state index in [0.717, 1.165) is 33.6 Å². The highest BCUT2D eigenvalue weighted by atomic mass is 16.2. The summed E-state index contributed by atoms with van der Waals surface area (Å²) in [7, 11) is 0. The topological polar surface area (TPSA) is 88.9 Å². The first-order chi connectivity index (χ1) is 13.8. The van der Waals surface area contributed by atoms with Crippen LogP contribution in [0.2, 0.25) is 0 Å². The van der Waals surface area contributed by atoms with Gasteiger partial charge in [0.05, 0.1) is 5.69 Å². The number of benzene rings is 2. The lowest BCUT2D eigenvalue weighted by Crippen LogP contribution is -2.21. The quantitative estimate of drug-likeness (QED) is 0.694. The minimum Gasteiger partial charge on any atom is -0.324 e. The van der Waals surface area contributed by atoms with Gasteiger partial charge in [0.25, 0.3) is 5.91 Å². The summed E-state index contributed by atoms with van der Waals surface area (Å²) in [6, 6.07) is 11.6. The minimum atomic E-state index is -0.350. The molecule has 0 atom stereocenters. The van der Waals surface area contributed by atoms with E-state index in [1.54, 1.807) is 6.92 Å². The van der Waals surface area contributed by atoms with Crippen molar-refractivity contribution >= 4 is 23.2 Å². The number of hydrogen-bond acceptors (Lipinski definition) is 4. The predicted octanol–water partition coefficient (Wildman–Crippen LogP) is 3.71. The molecule has 0 bridgehead atoms. The monoisotopic (exact) mass is 391 g/mol. The van der Waals surface area contributed by atoms with Crippen molar-refractivity contribution in [1.82, 2.24) is 15.0 Å². The second-order valence-corrected chi connectivity index (χ2v) is 7.25. The Bertz CT molecular complexity index is 1080. The minimum absolute atomic E-state index is 0.0248. The van der Waals surface area contributed by atoms with E-state index in [1.165, 1.54) is 4.68 Å². The number of carbonyl (C=O) groups is 2. The fourth-order valence-electron chi connectivity index (χ4n) is 2.98. The maximum absolute atomic E-state index is 12.6. The van der Waals surface area contributed by atoms with Crippen LogP contribution in [-0.4, -0.2) is 26.8 Å². The molecule has 29 heavy (non-hydrogen) atoms. The molecule has 7 nitrogen and oxygen atoms in total. The number of anilines is 2. The van der Waals surface area contributed by atoms with Crippen LogP contribution in [0.25, 0.3) is 0 Å². The van der Waals surface area contributed by atoms with Gasteiger partial charge >= 0.3 is 0 Å². The molecule has 3 rings (SSSR count). The van der Waals surface area contributed by atoms with Gasteiger partial charge in [-0.3, -0.25) is 9.59 Å². The van der Waals surface area contributed by atoms with Gasteiger partial charge in [0, 0.05) is 11.4 Å². The van der Waals surface area contributed by atoms with Crippen LogP contribution in [0.4, 0.5) is 11.4 Å². The molecule has 1 aromatic heterocycles. The third-order valence-corrected chi connectivity index (χ3v) is 5.01. The SMILES string of the molecule is Cc1ccc(C)c(NC(=O)Cn2nnc(C(=O)Nc3cccc(C)c3C)c2C)c1. The van der Waals surface area contributed by atoms with Crippen molar-refractivity contribution in [2.24, 2.45) is 0 Å². The van der Waals surface area contributed by atoms with E-state index < -0.39 is 0 Å². The van der Waals surface area contributed by atoms with Gasteiger partial charge in [0.15, 0.2) is 5.69 Å². The van der Waals surface area contributed by atoms with Gasteiger partial charge in [0.1, 0.15) is 6.54 Å². The average Bonchev–Trinajstić information content (AvgIpc) is 3.02. The molecular formula is C22H25N5O2. The molecular weight excluding hydrogens is 366 g/mol. The predicted molar refractivity (Wildman–Crippen MR) is 113 cm³/mol. The maximum atomic E-state index is 12.6. The number of amides is 2. The number of aryl methyl sites for hydroxylation is 3. The Morgan fingerprint density at radius 1 is 0.931 bits per heavy atom. The lowest BCUT2D eigenvalue weighted by molar-refractivity contribution is -0.117. The number of aromatic nitrogens is 3. The van der Waals surface area contributed by atoms with Gasteiger partial charge < -0.3 is 10.6 Å². The van der Waals surface area contributed by atoms with E-state index in [0.29, 0.717) is 5.69 Å². The molecule has 0 aliphatic rings. The molecule has 3 aromatic rings. The summed E-state index contributed by atoms with van der Waals surface area (Å²) in [4.78, 5) is 25.1. The van der Waals surface area contributed by atoms with Crippen LogP contribution in [0.5, 0.6) is 0 Å². The second kappa shape index (κ2) is 8.26. The van der Waals surface area contributed by atoms with Crippen molar-refractivity contribution in [2.75, 3.05) is 10.6 Å². The number of nitrogens with zero attached hydrogens (tertiary/aromatic N) is 3. The van der Waals surface area contributed by atoms with Crippen LogP contribution in [0.3, 0.4) is 0 Å². The number of nitrogens with one attached hydrogen (secondary N) is 2. The Hall–Kier alpha value is -3.48. The molecule has 1 heterocycles. The third kappa shape index (κ3) is 4.51. The summed E-state index contributed by atoms with van der Waals surface area (Å²) in [5.41, 5.74) is 6.36. The molecule has 0 unspecified atom stereocenters. The van der Waals surface area contributed by atoms with Crippen LogP contribution >= 0.6 is 0 Å². The van der Waals surface area contributed by atoms with Gasteiger partial charge in [-0.1, -0.05) is 29.5 Å². The molecule has 2 amide bonds. The van der Waals surface area contributed by atoms with Gasteiger partial charge in [0.2, 0.25) is 5.91 Å². The van der Waals surface area contributed by atoms with E-state index >= 15 is 0 Å². The Kier molecular flexibility index (Phi) is 5.77. The first-order valence-corrected chi connectivity index (χ1v) is 9.41. The Balaban J connectivity index is 1.71. The highest BCUT2D eigenvalue weighted by Gasteiger charge is 2.19. The number of carbonyl (C=O) groups excluding carboxylic acids is 2. The molecule has 0 fully saturated rings. The first-order valence-electron chi connectivity index (χ1n) is 9.41. The highest BCUT2D eigenvalue weighted by Crippen LogP contribution is 2.19. The fraction of sp³-hybridized carbons (Fsp3) is 0.273. The van der Waals surface area contributed by atoms with Crippen molar-refractivity contribution in [3.8, 4) is 0 Å². The van der Waals surface area contributed by atoms with E-state index in [9.17, 15) is 9.59 Å². The normalized spacial score (nSPS) is 10.7. The molecule has 0 radical (unpaired) electrons. The number of hydrogen-bond donors (Lipinski definition) is 2. The van der Waals surface area contributed by atoms with Crippen LogP contribution < -0.4 is 10.6 Å². The zero-order valence-corrected chi connectivity index (χ0v) is 17.3. The molecule has 7 heteroatoms. The summed E-state index contributed by atoms with van der Waals surface area (Å²) in [6.45, 7) is 9.54. The second-order valence-electron chi connectivity index (χ2n) is 7.25. The summed E-state index contributed by atoms with van der Waals surface area (Å²) in [6.07, 6.45) is 0. The smallest absolute Gasteiger partial charge is 0.278 e. The summed E-state index contributed by atoms with van der Waals surface area (Å²) in [5, 5.41) is 13.7. The molecule has 2 aromatic carbocycles. The van der Waals surface area contributed by atoms with Crippen molar-refractivity contribution in [3.63, 3.8) is 0 Å². The molecule has 2 N–H and O–H groups in total. The van der Waals surface area contributed by atoms with E-state index in [1.807, 2.05) is 64.1 Å². The van der Waals surface area contributed by atoms with Crippen molar-refractivity contribution in [1.29, 1.82) is 0 Å². The summed E-state index contributed by atoms with van der Waals surface area (Å²) >= 11 is 0. The fourth-order valence-corrected chi connectivity index (χ4v) is 2.98. The molecule has 0 saturated heterocycles. The summed E-state index contributed by atoms with van der Waals surface area (Å²) in [5.74, 6) is -0.578. The van der Waals surface area contributed by atoms with Gasteiger partial charge in [-0.15, -0.1) is 5.10 Å². The van der Waals surface area contributed by atoms with Gasteiger partial charge in [-0.25, -0.2) is 4.68 Å². The lowest BCUT2D eigenvalue weighted by atomic mass is 10.1. The van der Waals surface area contributed by atoms with E-state index in [-0.39, 0.29) is 24.1 Å². The lowest BCUT2D eigenvalue weighted by Gasteiger charge is -2.10. The Labute approximate surface area is 170 Å². The molecule has 0 saturated carbocycles. The third-order valence-electron chi connectivity index (χ3n) is 5.01. The molecule has 150 valence electrons. The Morgan fingerprint density at radius 2 is 1.69 bits per heavy atom. The maximum Gasteiger partial charge on any atom is 0.278 e. The van der Waals surface area contributed by atoms with Gasteiger partial charge in [-0.2, -0.15) is 0 Å². The van der Waals surface area contributed by atoms with Crippen LogP contribution in [-0.2, 0) is 11.3 Å². The standard InChI is InChI=1S/C22H25N5O2/c1-13-9-10-15(3)19(11-13)23-20(28)12-27-17(5)21(25-26-27)22(29)24-18-8-6-7-14(2)16(18)4/h6-11H,12H2,1-5H3,(H,23,28)(H,24,29). The molecule has 0 spiro atoms. The van der Waals surface area contributed by atoms with Crippen LogP contribution in [0, 0.1) is 34.6 Å². The van der Waals surface area contributed by atoms with Crippen molar-refractivity contribution in [2.45, 2.75) is 41.2 Å². The summed E-state index contributed by atoms with van der Waals surface area (Å²) < 4.78 is 1.43. The average molecular weight is 391 g/mol. The van der Waals surface area contributed by atoms with Crippen molar-refractivity contribution in [3.05, 3.63) is 70.0 Å². The zero-order chi connectivity index (χ0) is 21.1. The first kappa shape index (κ1) is 20.3. The van der Waals surface area contributed by atoms with E-state index in [2.05, 4.69) is 20.9 Å². The van der Waals surface area contributed by atoms with Crippen LogP contribution in [0.1, 0.15) is 38.4 Å². The van der Waals surface area contributed by atoms with Crippen molar-refractivity contribution < 1.29 is 9.59 Å². The largest absolute Gasteiger partial charge is 0.324 e. The van der Waals surface area contributed by atoms with Crippen LogP contribution in [0.15, 0.2) is 36.4 Å². The Morgan fingerprint density at radius 3 is 2.45 bits per heavy atom. The number of rotatable bonds is 5. The van der Waals surface area contributed by atoms with E-state index in [4.69, 9.17) is 0 Å². The zero-order valence-electron chi connectivity index (χ0n) is 17.3. The molecule has 0 aliphatic heterocycles. The molecule has 0 aliphatic carbocycles. The highest BCUT2D eigenvalue weighted by molar-refractivity contribution is 6.04. The van der Waals surface area contributed by atoms with Gasteiger partial charge in [-0.05, 0) is 69.0 Å².